The van der Waals surface area contributed by atoms with E-state index < -0.39 is 0 Å². The molecule has 0 radical (unpaired) electrons. The number of nitrogens with zero attached hydrogens (tertiary/aromatic N) is 4. The molecule has 0 spiro atoms. The molecule has 2 aromatic carbocycles. The van der Waals surface area contributed by atoms with Crippen molar-refractivity contribution in [2.24, 2.45) is 0 Å². The minimum atomic E-state index is -0.213. The van der Waals surface area contributed by atoms with Gasteiger partial charge in [0.25, 0.3) is 5.91 Å². The van der Waals surface area contributed by atoms with Crippen molar-refractivity contribution >= 4 is 22.6 Å². The first-order valence-corrected chi connectivity index (χ1v) is 8.96. The van der Waals surface area contributed by atoms with Gasteiger partial charge in [0.2, 0.25) is 0 Å². The third-order valence-electron chi connectivity index (χ3n) is 4.28. The lowest BCUT2D eigenvalue weighted by atomic mass is 10.1. The van der Waals surface area contributed by atoms with E-state index in [-0.39, 0.29) is 5.91 Å². The maximum atomic E-state index is 12.4. The number of anilines is 1. The largest absolute Gasteiger partial charge is 0.494 e. The highest BCUT2D eigenvalue weighted by atomic mass is 16.5. The number of hydrogen-bond donors (Lipinski definition) is 1. The molecule has 2 aromatic heterocycles. The van der Waals surface area contributed by atoms with Crippen LogP contribution in [0.2, 0.25) is 0 Å². The fourth-order valence-electron chi connectivity index (χ4n) is 2.85. The average molecular weight is 373 g/mol. The first-order valence-electron chi connectivity index (χ1n) is 8.96. The lowest BCUT2D eigenvalue weighted by Gasteiger charge is -2.07. The van der Waals surface area contributed by atoms with Gasteiger partial charge >= 0.3 is 0 Å². The first-order chi connectivity index (χ1) is 13.6. The standard InChI is InChI=1S/C21H19N5O2/c1-3-28-17-8-6-16(7-9-17)26-24-19-11-14(2)18(12-20(19)25-26)23-21(27)15-5-4-10-22-13-15/h4-13H,3H2,1-2H3,(H,23,27). The number of pyridine rings is 1. The van der Waals surface area contributed by atoms with Crippen molar-refractivity contribution in [3.63, 3.8) is 0 Å². The number of rotatable bonds is 5. The number of carbonyl (C=O) groups is 1. The number of aromatic nitrogens is 4. The molecule has 28 heavy (non-hydrogen) atoms. The van der Waals surface area contributed by atoms with Crippen LogP contribution in [0.1, 0.15) is 22.8 Å². The predicted molar refractivity (Wildman–Crippen MR) is 107 cm³/mol. The van der Waals surface area contributed by atoms with E-state index >= 15 is 0 Å². The van der Waals surface area contributed by atoms with Gasteiger partial charge in [-0.2, -0.15) is 4.80 Å². The van der Waals surface area contributed by atoms with Gasteiger partial charge in [0.05, 0.1) is 17.9 Å². The topological polar surface area (TPSA) is 81.9 Å². The molecule has 0 saturated carbocycles. The number of aryl methyl sites for hydroxylation is 1. The normalized spacial score (nSPS) is 10.8. The molecule has 0 atom stereocenters. The van der Waals surface area contributed by atoms with Crippen molar-refractivity contribution in [1.29, 1.82) is 0 Å². The molecule has 0 bridgehead atoms. The molecule has 7 nitrogen and oxygen atoms in total. The fourth-order valence-corrected chi connectivity index (χ4v) is 2.85. The van der Waals surface area contributed by atoms with Gasteiger partial charge in [0.15, 0.2) is 0 Å². The van der Waals surface area contributed by atoms with Crippen LogP contribution in [0.15, 0.2) is 60.9 Å². The number of fused-ring (bicyclic) bond motifs is 1. The summed E-state index contributed by atoms with van der Waals surface area (Å²) < 4.78 is 5.47. The van der Waals surface area contributed by atoms with Crippen molar-refractivity contribution in [1.82, 2.24) is 20.0 Å². The molecule has 0 aliphatic rings. The molecule has 2 heterocycles. The maximum absolute atomic E-state index is 12.4. The molecule has 0 fully saturated rings. The van der Waals surface area contributed by atoms with Gasteiger partial charge in [-0.3, -0.25) is 9.78 Å². The SMILES string of the molecule is CCOc1ccc(-n2nc3cc(C)c(NC(=O)c4cccnc4)cc3n2)cc1. The number of ether oxygens (including phenoxy) is 1. The average Bonchev–Trinajstić information content (AvgIpc) is 3.12. The van der Waals surface area contributed by atoms with Crippen LogP contribution in [-0.4, -0.2) is 32.5 Å². The summed E-state index contributed by atoms with van der Waals surface area (Å²) in [7, 11) is 0. The lowest BCUT2D eigenvalue weighted by molar-refractivity contribution is 0.102. The zero-order valence-electron chi connectivity index (χ0n) is 15.6. The molecule has 4 rings (SSSR count). The van der Waals surface area contributed by atoms with Gasteiger partial charge in [-0.15, -0.1) is 10.2 Å². The minimum absolute atomic E-state index is 0.213. The van der Waals surface area contributed by atoms with Crippen LogP contribution in [0.5, 0.6) is 5.75 Å². The van der Waals surface area contributed by atoms with Gasteiger partial charge in [0.1, 0.15) is 16.8 Å². The van der Waals surface area contributed by atoms with E-state index in [1.165, 1.54) is 6.20 Å². The Morgan fingerprint density at radius 1 is 1.11 bits per heavy atom. The van der Waals surface area contributed by atoms with Crippen LogP contribution in [-0.2, 0) is 0 Å². The van der Waals surface area contributed by atoms with Crippen molar-refractivity contribution in [2.45, 2.75) is 13.8 Å². The van der Waals surface area contributed by atoms with Crippen molar-refractivity contribution in [3.8, 4) is 11.4 Å². The minimum Gasteiger partial charge on any atom is -0.494 e. The van der Waals surface area contributed by atoms with Crippen molar-refractivity contribution < 1.29 is 9.53 Å². The van der Waals surface area contributed by atoms with Gasteiger partial charge in [0, 0.05) is 18.1 Å². The molecule has 0 aliphatic carbocycles. The molecular formula is C21H19N5O2. The van der Waals surface area contributed by atoms with Crippen molar-refractivity contribution in [3.05, 3.63) is 72.1 Å². The number of carbonyl (C=O) groups excluding carboxylic acids is 1. The molecule has 0 aliphatic heterocycles. The molecular weight excluding hydrogens is 354 g/mol. The number of hydrogen-bond acceptors (Lipinski definition) is 5. The highest BCUT2D eigenvalue weighted by Crippen LogP contribution is 2.23. The second-order valence-electron chi connectivity index (χ2n) is 6.27. The van der Waals surface area contributed by atoms with E-state index in [4.69, 9.17) is 4.74 Å². The first kappa shape index (κ1) is 17.7. The third kappa shape index (κ3) is 3.55. The summed E-state index contributed by atoms with van der Waals surface area (Å²) in [6.07, 6.45) is 3.17. The predicted octanol–water partition coefficient (Wildman–Crippen LogP) is 3.77. The summed E-state index contributed by atoms with van der Waals surface area (Å²) in [5.41, 5.74) is 4.38. The Bertz CT molecular complexity index is 1120. The Labute approximate surface area is 162 Å². The van der Waals surface area contributed by atoms with Crippen LogP contribution in [0, 0.1) is 6.92 Å². The summed E-state index contributed by atoms with van der Waals surface area (Å²) in [6.45, 7) is 4.49. The Balaban J connectivity index is 1.62. The lowest BCUT2D eigenvalue weighted by Crippen LogP contribution is -2.12. The monoisotopic (exact) mass is 373 g/mol. The van der Waals surface area contributed by atoms with Crippen LogP contribution in [0.3, 0.4) is 0 Å². The van der Waals surface area contributed by atoms with Crippen LogP contribution in [0.4, 0.5) is 5.69 Å². The summed E-state index contributed by atoms with van der Waals surface area (Å²) >= 11 is 0. The van der Waals surface area contributed by atoms with E-state index in [0.29, 0.717) is 23.4 Å². The summed E-state index contributed by atoms with van der Waals surface area (Å²) in [5.74, 6) is 0.591. The van der Waals surface area contributed by atoms with Crippen LogP contribution < -0.4 is 10.1 Å². The molecule has 4 aromatic rings. The smallest absolute Gasteiger partial charge is 0.257 e. The van der Waals surface area contributed by atoms with Gasteiger partial charge in [-0.1, -0.05) is 0 Å². The zero-order valence-corrected chi connectivity index (χ0v) is 15.6. The molecule has 0 saturated heterocycles. The van der Waals surface area contributed by atoms with Crippen molar-refractivity contribution in [2.75, 3.05) is 11.9 Å². The summed E-state index contributed by atoms with van der Waals surface area (Å²) in [4.78, 5) is 18.0. The molecule has 0 unspecified atom stereocenters. The number of amides is 1. The molecule has 1 N–H and O–H groups in total. The van der Waals surface area contributed by atoms with Crippen LogP contribution in [0.25, 0.3) is 16.7 Å². The quantitative estimate of drug-likeness (QED) is 0.576. The van der Waals surface area contributed by atoms with Crippen LogP contribution >= 0.6 is 0 Å². The van der Waals surface area contributed by atoms with Gasteiger partial charge < -0.3 is 10.1 Å². The Morgan fingerprint density at radius 3 is 2.54 bits per heavy atom. The number of nitrogens with one attached hydrogen (secondary N) is 1. The molecule has 7 heteroatoms. The van der Waals surface area contributed by atoms with E-state index in [1.54, 1.807) is 23.1 Å². The van der Waals surface area contributed by atoms with Gasteiger partial charge in [-0.25, -0.2) is 0 Å². The Hall–Kier alpha value is -3.74. The van der Waals surface area contributed by atoms with E-state index in [0.717, 1.165) is 22.5 Å². The highest BCUT2D eigenvalue weighted by Gasteiger charge is 2.12. The summed E-state index contributed by atoms with van der Waals surface area (Å²) in [6, 6.07) is 14.8. The van der Waals surface area contributed by atoms with E-state index in [2.05, 4.69) is 20.5 Å². The maximum Gasteiger partial charge on any atom is 0.257 e. The second-order valence-corrected chi connectivity index (χ2v) is 6.27. The highest BCUT2D eigenvalue weighted by molar-refractivity contribution is 6.05. The third-order valence-corrected chi connectivity index (χ3v) is 4.28. The van der Waals surface area contributed by atoms with E-state index in [9.17, 15) is 4.79 Å². The number of benzene rings is 2. The Kier molecular flexibility index (Phi) is 4.72. The second kappa shape index (κ2) is 7.48. The van der Waals surface area contributed by atoms with Gasteiger partial charge in [-0.05, 0) is 67.9 Å². The molecule has 1 amide bonds. The Morgan fingerprint density at radius 2 is 1.86 bits per heavy atom. The molecule has 140 valence electrons. The zero-order chi connectivity index (χ0) is 19.5. The fraction of sp³-hybridized carbons (Fsp3) is 0.143. The summed E-state index contributed by atoms with van der Waals surface area (Å²) in [5, 5.41) is 12.0. The van der Waals surface area contributed by atoms with E-state index in [1.807, 2.05) is 50.2 Å².